The average molecular weight is 356 g/mol. The summed E-state index contributed by atoms with van der Waals surface area (Å²) >= 11 is 0. The van der Waals surface area contributed by atoms with Crippen LogP contribution in [0.5, 0.6) is 0 Å². The van der Waals surface area contributed by atoms with Gasteiger partial charge in [0.25, 0.3) is 0 Å². The highest BCUT2D eigenvalue weighted by Crippen LogP contribution is 2.24. The molecule has 0 radical (unpaired) electrons. The molecule has 3 rings (SSSR count). The number of benzene rings is 1. The summed E-state index contributed by atoms with van der Waals surface area (Å²) < 4.78 is 13.1. The highest BCUT2D eigenvalue weighted by atomic mass is 19.1. The van der Waals surface area contributed by atoms with Crippen LogP contribution in [-0.2, 0) is 4.79 Å². The Morgan fingerprint density at radius 2 is 1.96 bits per heavy atom. The average Bonchev–Trinajstić information content (AvgIpc) is 2.68. The Morgan fingerprint density at radius 1 is 1.27 bits per heavy atom. The third-order valence-corrected chi connectivity index (χ3v) is 4.93. The number of halogens is 1. The van der Waals surface area contributed by atoms with E-state index in [0.717, 1.165) is 43.7 Å². The van der Waals surface area contributed by atoms with Crippen LogP contribution in [-0.4, -0.2) is 35.0 Å². The van der Waals surface area contributed by atoms with E-state index in [-0.39, 0.29) is 23.7 Å². The van der Waals surface area contributed by atoms with E-state index in [0.29, 0.717) is 5.82 Å². The first-order valence-corrected chi connectivity index (χ1v) is 9.21. The molecule has 1 aliphatic rings. The molecule has 1 fully saturated rings. The highest BCUT2D eigenvalue weighted by Gasteiger charge is 2.26. The molecule has 2 heterocycles. The van der Waals surface area contributed by atoms with Crippen LogP contribution >= 0.6 is 0 Å². The summed E-state index contributed by atoms with van der Waals surface area (Å²) in [4.78, 5) is 23.4. The van der Waals surface area contributed by atoms with Crippen molar-refractivity contribution in [2.24, 2.45) is 5.92 Å². The summed E-state index contributed by atoms with van der Waals surface area (Å²) in [7, 11) is 0. The van der Waals surface area contributed by atoms with E-state index < -0.39 is 0 Å². The lowest BCUT2D eigenvalue weighted by molar-refractivity contribution is -0.126. The molecule has 0 saturated carbocycles. The Hall–Kier alpha value is -2.50. The fourth-order valence-corrected chi connectivity index (χ4v) is 3.10. The smallest absolute Gasteiger partial charge is 0.223 e. The van der Waals surface area contributed by atoms with E-state index >= 15 is 0 Å². The van der Waals surface area contributed by atoms with Gasteiger partial charge < -0.3 is 10.2 Å². The first-order valence-electron chi connectivity index (χ1n) is 9.21. The van der Waals surface area contributed by atoms with Crippen molar-refractivity contribution in [1.29, 1.82) is 0 Å². The molecule has 6 heteroatoms. The Labute approximate surface area is 153 Å². The van der Waals surface area contributed by atoms with Gasteiger partial charge in [-0.05, 0) is 56.5 Å². The molecule has 0 aliphatic carbocycles. The summed E-state index contributed by atoms with van der Waals surface area (Å²) in [6.07, 6.45) is 4.30. The molecule has 5 nitrogen and oxygen atoms in total. The van der Waals surface area contributed by atoms with Gasteiger partial charge in [-0.25, -0.2) is 14.4 Å². The van der Waals surface area contributed by atoms with Gasteiger partial charge in [0, 0.05) is 36.8 Å². The van der Waals surface area contributed by atoms with Crippen LogP contribution in [0.25, 0.3) is 11.4 Å². The van der Waals surface area contributed by atoms with Crippen LogP contribution < -0.4 is 10.2 Å². The van der Waals surface area contributed by atoms with Gasteiger partial charge in [0.2, 0.25) is 5.91 Å². The van der Waals surface area contributed by atoms with Crippen molar-refractivity contribution in [2.45, 2.75) is 39.2 Å². The Morgan fingerprint density at radius 3 is 2.62 bits per heavy atom. The molecular weight excluding hydrogens is 331 g/mol. The molecule has 1 amide bonds. The van der Waals surface area contributed by atoms with E-state index in [1.54, 1.807) is 18.3 Å². The molecule has 1 aromatic heterocycles. The first-order chi connectivity index (χ1) is 12.6. The molecule has 2 aromatic rings. The molecule has 1 atom stereocenters. The molecular formula is C20H25FN4O. The van der Waals surface area contributed by atoms with Crippen LogP contribution in [0.3, 0.4) is 0 Å². The molecule has 1 N–H and O–H groups in total. The molecule has 1 aliphatic heterocycles. The van der Waals surface area contributed by atoms with Crippen molar-refractivity contribution in [1.82, 2.24) is 15.3 Å². The standard InChI is InChI=1S/C20H25FN4O/c1-3-14(2)23-20(26)16-9-12-25(13-10-16)18-8-11-22-19(24-18)15-4-6-17(21)7-5-15/h4-8,11,14,16H,3,9-10,12-13H2,1-2H3,(H,23,26). The second kappa shape index (κ2) is 8.25. The summed E-state index contributed by atoms with van der Waals surface area (Å²) in [5.74, 6) is 1.38. The third-order valence-electron chi connectivity index (χ3n) is 4.93. The van der Waals surface area contributed by atoms with Crippen molar-refractivity contribution >= 4 is 11.7 Å². The number of aromatic nitrogens is 2. The van der Waals surface area contributed by atoms with Crippen LogP contribution in [0.4, 0.5) is 10.2 Å². The van der Waals surface area contributed by atoms with Gasteiger partial charge in [0.1, 0.15) is 11.6 Å². The zero-order valence-corrected chi connectivity index (χ0v) is 15.3. The third kappa shape index (κ3) is 4.36. The predicted molar refractivity (Wildman–Crippen MR) is 100 cm³/mol. The SMILES string of the molecule is CCC(C)NC(=O)C1CCN(c2ccnc(-c3ccc(F)cc3)n2)CC1. The quantitative estimate of drug-likeness (QED) is 0.892. The monoisotopic (exact) mass is 356 g/mol. The minimum absolute atomic E-state index is 0.0682. The fraction of sp³-hybridized carbons (Fsp3) is 0.450. The van der Waals surface area contributed by atoms with E-state index in [2.05, 4.69) is 27.1 Å². The number of piperidine rings is 1. The minimum Gasteiger partial charge on any atom is -0.356 e. The number of anilines is 1. The zero-order chi connectivity index (χ0) is 18.5. The summed E-state index contributed by atoms with van der Waals surface area (Å²) in [5.41, 5.74) is 0.788. The van der Waals surface area contributed by atoms with E-state index in [1.807, 2.05) is 13.0 Å². The number of hydrogen-bond acceptors (Lipinski definition) is 4. The minimum atomic E-state index is -0.275. The second-order valence-corrected chi connectivity index (χ2v) is 6.82. The van der Waals surface area contributed by atoms with Gasteiger partial charge in [-0.1, -0.05) is 6.92 Å². The molecule has 138 valence electrons. The lowest BCUT2D eigenvalue weighted by atomic mass is 9.95. The lowest BCUT2D eigenvalue weighted by Gasteiger charge is -2.32. The zero-order valence-electron chi connectivity index (χ0n) is 15.3. The van der Waals surface area contributed by atoms with Gasteiger partial charge in [-0.2, -0.15) is 0 Å². The maximum Gasteiger partial charge on any atom is 0.223 e. The van der Waals surface area contributed by atoms with E-state index in [4.69, 9.17) is 0 Å². The number of amides is 1. The highest BCUT2D eigenvalue weighted by molar-refractivity contribution is 5.79. The van der Waals surface area contributed by atoms with Crippen molar-refractivity contribution in [2.75, 3.05) is 18.0 Å². The summed E-state index contributed by atoms with van der Waals surface area (Å²) in [5, 5.41) is 3.08. The van der Waals surface area contributed by atoms with Crippen LogP contribution in [0, 0.1) is 11.7 Å². The molecule has 1 unspecified atom stereocenters. The number of hydrogen-bond donors (Lipinski definition) is 1. The maximum absolute atomic E-state index is 13.1. The topological polar surface area (TPSA) is 58.1 Å². The van der Waals surface area contributed by atoms with Crippen molar-refractivity contribution in [3.8, 4) is 11.4 Å². The Balaban J connectivity index is 1.64. The maximum atomic E-state index is 13.1. The largest absolute Gasteiger partial charge is 0.356 e. The van der Waals surface area contributed by atoms with Crippen LogP contribution in [0.1, 0.15) is 33.1 Å². The first kappa shape index (κ1) is 18.3. The van der Waals surface area contributed by atoms with Crippen molar-refractivity contribution in [3.63, 3.8) is 0 Å². The Bertz CT molecular complexity index is 742. The van der Waals surface area contributed by atoms with Gasteiger partial charge in [-0.15, -0.1) is 0 Å². The van der Waals surface area contributed by atoms with Crippen LogP contribution in [0.15, 0.2) is 36.5 Å². The molecule has 26 heavy (non-hydrogen) atoms. The van der Waals surface area contributed by atoms with E-state index in [9.17, 15) is 9.18 Å². The molecule has 1 aromatic carbocycles. The number of nitrogens with zero attached hydrogens (tertiary/aromatic N) is 3. The number of rotatable bonds is 5. The predicted octanol–water partition coefficient (Wildman–Crippen LogP) is 3.41. The van der Waals surface area contributed by atoms with Gasteiger partial charge in [0.15, 0.2) is 5.82 Å². The van der Waals surface area contributed by atoms with Gasteiger partial charge in [-0.3, -0.25) is 4.79 Å². The number of nitrogens with one attached hydrogen (secondary N) is 1. The van der Waals surface area contributed by atoms with E-state index in [1.165, 1.54) is 12.1 Å². The van der Waals surface area contributed by atoms with Crippen molar-refractivity contribution in [3.05, 3.63) is 42.3 Å². The second-order valence-electron chi connectivity index (χ2n) is 6.82. The van der Waals surface area contributed by atoms with Gasteiger partial charge >= 0.3 is 0 Å². The lowest BCUT2D eigenvalue weighted by Crippen LogP contribution is -2.43. The molecule has 1 saturated heterocycles. The normalized spacial score (nSPS) is 16.3. The summed E-state index contributed by atoms with van der Waals surface area (Å²) in [6.45, 7) is 5.68. The van der Waals surface area contributed by atoms with Gasteiger partial charge in [0.05, 0.1) is 0 Å². The fourth-order valence-electron chi connectivity index (χ4n) is 3.10. The number of carbonyl (C=O) groups excluding carboxylic acids is 1. The molecule has 0 spiro atoms. The van der Waals surface area contributed by atoms with Crippen LogP contribution in [0.2, 0.25) is 0 Å². The Kier molecular flexibility index (Phi) is 5.81. The van der Waals surface area contributed by atoms with Crippen molar-refractivity contribution < 1.29 is 9.18 Å². The summed E-state index contributed by atoms with van der Waals surface area (Å²) in [6, 6.07) is 8.28. The molecule has 0 bridgehead atoms. The number of carbonyl (C=O) groups is 1.